The van der Waals surface area contributed by atoms with E-state index in [1.54, 1.807) is 22.6 Å². The molecule has 0 amide bonds. The van der Waals surface area contributed by atoms with Gasteiger partial charge in [-0.25, -0.2) is 0 Å². The first kappa shape index (κ1) is 10.6. The minimum atomic E-state index is -1.25. The first-order valence-corrected chi connectivity index (χ1v) is 4.77. The lowest BCUT2D eigenvalue weighted by molar-refractivity contribution is -0.201. The van der Waals surface area contributed by atoms with E-state index in [0.717, 1.165) is 0 Å². The van der Waals surface area contributed by atoms with Crippen LogP contribution >= 0.6 is 22.6 Å². The summed E-state index contributed by atoms with van der Waals surface area (Å²) in [7, 11) is 0. The second kappa shape index (κ2) is 4.16. The average Bonchev–Trinajstić information content (AvgIpc) is 2.08. The number of hydrogen-bond acceptors (Lipinski definition) is 5. The summed E-state index contributed by atoms with van der Waals surface area (Å²) in [5.41, 5.74) is 0. The van der Waals surface area contributed by atoms with Crippen LogP contribution in [-0.4, -0.2) is 55.6 Å². The van der Waals surface area contributed by atoms with Gasteiger partial charge in [0.25, 0.3) is 0 Å². The third kappa shape index (κ3) is 1.88. The van der Waals surface area contributed by atoms with Crippen LogP contribution in [0.3, 0.4) is 0 Å². The molecule has 0 spiro atoms. The van der Waals surface area contributed by atoms with E-state index in [2.05, 4.69) is 0 Å². The zero-order chi connectivity index (χ0) is 9.30. The fraction of sp³-hybridized carbons (Fsp3) is 1.00. The van der Waals surface area contributed by atoms with E-state index in [0.29, 0.717) is 0 Å². The zero-order valence-corrected chi connectivity index (χ0v) is 8.33. The lowest BCUT2D eigenvalue weighted by Gasteiger charge is -2.37. The Bertz CT molecular complexity index is 150. The van der Waals surface area contributed by atoms with Gasteiger partial charge in [-0.15, -0.1) is 0 Å². The first-order chi connectivity index (χ1) is 5.57. The van der Waals surface area contributed by atoms with Crippen LogP contribution in [0.2, 0.25) is 0 Å². The van der Waals surface area contributed by atoms with Crippen molar-refractivity contribution in [3.63, 3.8) is 0 Å². The highest BCUT2D eigenvalue weighted by Crippen LogP contribution is 2.24. The number of rotatable bonds is 1. The summed E-state index contributed by atoms with van der Waals surface area (Å²) in [6.07, 6.45) is -4.40. The summed E-state index contributed by atoms with van der Waals surface area (Å²) in [6.45, 7) is -0.371. The zero-order valence-electron chi connectivity index (χ0n) is 6.17. The normalized spacial score (nSPS) is 49.2. The molecule has 4 N–H and O–H groups in total. The highest BCUT2D eigenvalue weighted by Gasteiger charge is 2.42. The molecule has 0 aromatic carbocycles. The Morgan fingerprint density at radius 1 is 1.08 bits per heavy atom. The van der Waals surface area contributed by atoms with Crippen molar-refractivity contribution >= 4 is 22.6 Å². The van der Waals surface area contributed by atoms with Gasteiger partial charge in [0.05, 0.1) is 6.61 Å². The summed E-state index contributed by atoms with van der Waals surface area (Å²) < 4.78 is 4.41. The topological polar surface area (TPSA) is 90.2 Å². The van der Waals surface area contributed by atoms with Gasteiger partial charge in [0.1, 0.15) is 28.5 Å². The maximum absolute atomic E-state index is 9.23. The molecule has 0 saturated carbocycles. The van der Waals surface area contributed by atoms with Crippen LogP contribution in [0, 0.1) is 0 Å². The van der Waals surface area contributed by atoms with Gasteiger partial charge >= 0.3 is 0 Å². The number of aliphatic hydroxyl groups excluding tert-OH is 4. The minimum Gasteiger partial charge on any atom is -0.394 e. The van der Waals surface area contributed by atoms with Gasteiger partial charge in [-0.2, -0.15) is 0 Å². The second-order valence-corrected chi connectivity index (χ2v) is 3.91. The van der Waals surface area contributed by atoms with E-state index >= 15 is 0 Å². The smallest absolute Gasteiger partial charge is 0.137 e. The van der Waals surface area contributed by atoms with E-state index in [1.165, 1.54) is 0 Å². The largest absolute Gasteiger partial charge is 0.394 e. The highest BCUT2D eigenvalue weighted by molar-refractivity contribution is 14.1. The molecule has 5 nitrogen and oxygen atoms in total. The molecule has 1 aliphatic heterocycles. The first-order valence-electron chi connectivity index (χ1n) is 3.52. The maximum atomic E-state index is 9.23. The Hall–Kier alpha value is 0.530. The maximum Gasteiger partial charge on any atom is 0.137 e. The Morgan fingerprint density at radius 3 is 2.17 bits per heavy atom. The Labute approximate surface area is 83.1 Å². The van der Waals surface area contributed by atoms with Crippen molar-refractivity contribution < 1.29 is 25.2 Å². The van der Waals surface area contributed by atoms with E-state index < -0.39 is 28.5 Å². The lowest BCUT2D eigenvalue weighted by Crippen LogP contribution is -2.56. The van der Waals surface area contributed by atoms with Crippen LogP contribution in [0.25, 0.3) is 0 Å². The molecule has 5 atom stereocenters. The predicted molar refractivity (Wildman–Crippen MR) is 47.8 cm³/mol. The van der Waals surface area contributed by atoms with Crippen LogP contribution in [-0.2, 0) is 4.74 Å². The van der Waals surface area contributed by atoms with Crippen molar-refractivity contribution in [2.75, 3.05) is 6.61 Å². The molecule has 1 rings (SSSR count). The molecule has 12 heavy (non-hydrogen) atoms. The van der Waals surface area contributed by atoms with Gasteiger partial charge in [-0.1, -0.05) is 0 Å². The molecule has 0 aromatic rings. The molecule has 1 saturated heterocycles. The lowest BCUT2D eigenvalue weighted by atomic mass is 10.0. The fourth-order valence-corrected chi connectivity index (χ4v) is 1.86. The molecule has 72 valence electrons. The number of ether oxygens (including phenoxy) is 1. The molecule has 1 aliphatic rings. The summed E-state index contributed by atoms with van der Waals surface area (Å²) >= 11 is 1.79. The fourth-order valence-electron chi connectivity index (χ4n) is 1.06. The van der Waals surface area contributed by atoms with Crippen molar-refractivity contribution in [3.8, 4) is 0 Å². The molecule has 0 aromatic heterocycles. The van der Waals surface area contributed by atoms with Gasteiger partial charge in [0.2, 0.25) is 0 Å². The molecule has 0 radical (unpaired) electrons. The quantitative estimate of drug-likeness (QED) is 0.339. The van der Waals surface area contributed by atoms with Gasteiger partial charge in [-0.05, 0) is 22.6 Å². The predicted octanol–water partition coefficient (Wildman–Crippen LogP) is -1.78. The highest BCUT2D eigenvalue weighted by atomic mass is 127. The van der Waals surface area contributed by atoms with Gasteiger partial charge in [-0.3, -0.25) is 0 Å². The standard InChI is InChI=1S/C6H11IO5/c7-6-5(11)4(10)3(9)2(1-8)12-6/h2-6,8-11H,1H2/t2?,3-,4?,5?,6+/m1/s1. The molecular formula is C6H11IO5. The van der Waals surface area contributed by atoms with E-state index in [-0.39, 0.29) is 6.61 Å². The molecule has 1 fully saturated rings. The Morgan fingerprint density at radius 2 is 1.67 bits per heavy atom. The summed E-state index contributed by atoms with van der Waals surface area (Å²) in [5.74, 6) is 0. The molecule has 0 bridgehead atoms. The van der Waals surface area contributed by atoms with Crippen LogP contribution in [0.15, 0.2) is 0 Å². The molecule has 6 heteroatoms. The minimum absolute atomic E-state index is 0.371. The van der Waals surface area contributed by atoms with E-state index in [4.69, 9.17) is 9.84 Å². The molecular weight excluding hydrogens is 279 g/mol. The van der Waals surface area contributed by atoms with Gasteiger partial charge < -0.3 is 25.2 Å². The monoisotopic (exact) mass is 290 g/mol. The van der Waals surface area contributed by atoms with Crippen LogP contribution in [0.1, 0.15) is 0 Å². The molecule has 0 aliphatic carbocycles. The Balaban J connectivity index is 2.63. The van der Waals surface area contributed by atoms with Gasteiger partial charge in [0, 0.05) is 0 Å². The average molecular weight is 290 g/mol. The number of alkyl halides is 1. The SMILES string of the molecule is OCC1O[C@H](I)C(O)C(O)[C@@H]1O. The summed E-state index contributed by atoms with van der Waals surface area (Å²) in [4.78, 5) is 0. The summed E-state index contributed by atoms with van der Waals surface area (Å²) in [6, 6.07) is 0. The van der Waals surface area contributed by atoms with E-state index in [9.17, 15) is 15.3 Å². The van der Waals surface area contributed by atoms with E-state index in [1.807, 2.05) is 0 Å². The van der Waals surface area contributed by atoms with Crippen molar-refractivity contribution in [2.45, 2.75) is 28.5 Å². The second-order valence-electron chi connectivity index (χ2n) is 2.68. The van der Waals surface area contributed by atoms with Crippen molar-refractivity contribution in [2.24, 2.45) is 0 Å². The molecule has 1 heterocycles. The van der Waals surface area contributed by atoms with Crippen LogP contribution < -0.4 is 0 Å². The third-order valence-electron chi connectivity index (χ3n) is 1.83. The third-order valence-corrected chi connectivity index (χ3v) is 2.86. The number of hydrogen-bond donors (Lipinski definition) is 4. The van der Waals surface area contributed by atoms with Crippen molar-refractivity contribution in [1.29, 1.82) is 0 Å². The molecule has 3 unspecified atom stereocenters. The van der Waals surface area contributed by atoms with Crippen molar-refractivity contribution in [1.82, 2.24) is 0 Å². The number of aliphatic hydroxyl groups is 4. The van der Waals surface area contributed by atoms with Gasteiger partial charge in [0.15, 0.2) is 0 Å². The Kier molecular flexibility index (Phi) is 3.68. The summed E-state index contributed by atoms with van der Waals surface area (Å²) in [5, 5.41) is 36.4. The van der Waals surface area contributed by atoms with Crippen LogP contribution in [0.5, 0.6) is 0 Å². The number of halogens is 1. The van der Waals surface area contributed by atoms with Crippen molar-refractivity contribution in [3.05, 3.63) is 0 Å². The van der Waals surface area contributed by atoms with Crippen LogP contribution in [0.4, 0.5) is 0 Å².